The summed E-state index contributed by atoms with van der Waals surface area (Å²) in [6, 6.07) is 10.1. The number of nitrogens with one attached hydrogen (secondary N) is 5. The summed E-state index contributed by atoms with van der Waals surface area (Å²) in [5, 5.41) is 26.4. The van der Waals surface area contributed by atoms with Gasteiger partial charge >= 0.3 is 0 Å². The highest BCUT2D eigenvalue weighted by Gasteiger charge is 2.31. The van der Waals surface area contributed by atoms with Gasteiger partial charge in [0, 0.05) is 31.3 Å². The van der Waals surface area contributed by atoms with Crippen LogP contribution in [0.1, 0.15) is 83.1 Å². The normalized spacial score (nSPS) is 14.5. The average molecular weight is 625 g/mol. The molecule has 0 saturated heterocycles. The molecule has 45 heavy (non-hydrogen) atoms. The van der Waals surface area contributed by atoms with E-state index >= 15 is 0 Å². The van der Waals surface area contributed by atoms with Crippen LogP contribution in [0.3, 0.4) is 0 Å². The second-order valence-corrected chi connectivity index (χ2v) is 12.0. The number of carbonyl (C=O) groups excluding carboxylic acids is 4. The zero-order chi connectivity index (χ0) is 33.4. The molecule has 0 aliphatic carbocycles. The molecule has 2 aromatic rings. The maximum Gasteiger partial charge on any atom is 0.252 e. The number of likely N-dealkylation sites (N-methyl/N-ethyl adjacent to an activating group) is 1. The van der Waals surface area contributed by atoms with Crippen LogP contribution in [0.25, 0.3) is 0 Å². The fourth-order valence-corrected chi connectivity index (χ4v) is 5.05. The smallest absolute Gasteiger partial charge is 0.252 e. The van der Waals surface area contributed by atoms with Gasteiger partial charge in [0.15, 0.2) is 12.4 Å². The van der Waals surface area contributed by atoms with Crippen molar-refractivity contribution in [3.8, 4) is 0 Å². The monoisotopic (exact) mass is 624 g/mol. The van der Waals surface area contributed by atoms with Crippen molar-refractivity contribution in [1.82, 2.24) is 26.6 Å². The molecule has 1 aromatic heterocycles. The topological polar surface area (TPSA) is 155 Å². The predicted molar refractivity (Wildman–Crippen MR) is 175 cm³/mol. The lowest BCUT2D eigenvalue weighted by Crippen LogP contribution is -2.58. The third-order valence-corrected chi connectivity index (χ3v) is 7.83. The van der Waals surface area contributed by atoms with Crippen molar-refractivity contribution >= 4 is 23.6 Å². The van der Waals surface area contributed by atoms with Gasteiger partial charge in [0.05, 0.1) is 11.6 Å². The fraction of sp³-hybridized carbons (Fsp3) is 0.559. The molecule has 2 rings (SSSR count). The van der Waals surface area contributed by atoms with E-state index in [1.165, 1.54) is 24.5 Å². The van der Waals surface area contributed by atoms with Crippen LogP contribution in [0.4, 0.5) is 0 Å². The molecular formula is C34H52N6O5. The number of benzene rings is 1. The van der Waals surface area contributed by atoms with Gasteiger partial charge in [-0.3, -0.25) is 19.2 Å². The molecule has 5 atom stereocenters. The second-order valence-electron chi connectivity index (χ2n) is 12.0. The molecule has 0 aliphatic heterocycles. The first-order valence-electron chi connectivity index (χ1n) is 16.1. The van der Waals surface area contributed by atoms with E-state index in [0.29, 0.717) is 49.9 Å². The Labute approximate surface area is 267 Å². The van der Waals surface area contributed by atoms with Crippen LogP contribution in [0.5, 0.6) is 0 Å². The quantitative estimate of drug-likeness (QED) is 0.120. The van der Waals surface area contributed by atoms with Crippen molar-refractivity contribution in [3.05, 3.63) is 71.2 Å². The number of nitrogens with zero attached hydrogens (tertiary/aromatic N) is 1. The van der Waals surface area contributed by atoms with Crippen molar-refractivity contribution < 1.29 is 23.9 Å². The third kappa shape index (κ3) is 12.9. The number of amides is 4. The maximum atomic E-state index is 13.8. The van der Waals surface area contributed by atoms with Gasteiger partial charge in [-0.05, 0) is 50.0 Å². The first kappa shape index (κ1) is 37.2. The van der Waals surface area contributed by atoms with Crippen molar-refractivity contribution in [2.75, 3.05) is 13.1 Å². The average Bonchev–Trinajstić information content (AvgIpc) is 3.02. The minimum atomic E-state index is -0.898. The van der Waals surface area contributed by atoms with Crippen LogP contribution >= 0.6 is 0 Å². The molecule has 5 N–H and O–H groups in total. The van der Waals surface area contributed by atoms with Gasteiger partial charge in [-0.25, -0.2) is 0 Å². The van der Waals surface area contributed by atoms with Gasteiger partial charge in [0.25, 0.3) is 5.91 Å². The SMILES string of the molecule is CCNC(=O)[C@H](CC)NC[C@H](CC(C)C)NC(=O)[C@H](CCc1ccccc1)NC(=O)[C@@H](NC(=O)c1cc[n+]([O-])cc1)C(C)CC. The number of carbonyl (C=O) groups is 4. The first-order valence-corrected chi connectivity index (χ1v) is 16.1. The van der Waals surface area contributed by atoms with Crippen molar-refractivity contribution in [2.24, 2.45) is 11.8 Å². The summed E-state index contributed by atoms with van der Waals surface area (Å²) < 4.78 is 0.579. The molecule has 4 amide bonds. The molecule has 11 heteroatoms. The fourth-order valence-electron chi connectivity index (χ4n) is 5.05. The predicted octanol–water partition coefficient (Wildman–Crippen LogP) is 2.62. The van der Waals surface area contributed by atoms with E-state index in [1.807, 2.05) is 58.0 Å². The third-order valence-electron chi connectivity index (χ3n) is 7.83. The maximum absolute atomic E-state index is 13.8. The Morgan fingerprint density at radius 1 is 0.800 bits per heavy atom. The van der Waals surface area contributed by atoms with E-state index in [0.717, 1.165) is 5.56 Å². The standard InChI is InChI=1S/C34H52N6O5/c1-7-24(6)30(39-31(41)26-17-19-40(45)20-18-26)34(44)38-29(16-15-25-13-11-10-12-14-25)33(43)37-27(21-23(4)5)22-36-28(8-2)32(42)35-9-3/h10-14,17-20,23-24,27-30,36H,7-9,15-16,21-22H2,1-6H3,(H,35,42)(H,37,43)(H,38,44)(H,39,41)/t24?,27-,28-,29-,30-/m0/s1. The summed E-state index contributed by atoms with van der Waals surface area (Å²) in [6.07, 6.45) is 5.24. The number of rotatable bonds is 19. The highest BCUT2D eigenvalue weighted by Crippen LogP contribution is 2.13. The minimum absolute atomic E-state index is 0.0801. The van der Waals surface area contributed by atoms with Crippen molar-refractivity contribution in [3.63, 3.8) is 0 Å². The largest absolute Gasteiger partial charge is 0.619 e. The summed E-state index contributed by atoms with van der Waals surface area (Å²) in [5.41, 5.74) is 1.28. The van der Waals surface area contributed by atoms with Crippen LogP contribution in [0, 0.1) is 17.0 Å². The van der Waals surface area contributed by atoms with Gasteiger partial charge in [-0.2, -0.15) is 4.73 Å². The van der Waals surface area contributed by atoms with E-state index in [2.05, 4.69) is 40.4 Å². The summed E-state index contributed by atoms with van der Waals surface area (Å²) in [6.45, 7) is 12.7. The molecule has 0 fully saturated rings. The molecule has 1 aromatic carbocycles. The molecule has 0 saturated carbocycles. The Hall–Kier alpha value is -3.99. The van der Waals surface area contributed by atoms with Gasteiger partial charge in [0.2, 0.25) is 17.7 Å². The summed E-state index contributed by atoms with van der Waals surface area (Å²) in [5.74, 6) is -1.29. The van der Waals surface area contributed by atoms with Crippen LogP contribution < -0.4 is 31.3 Å². The van der Waals surface area contributed by atoms with E-state index in [4.69, 9.17) is 0 Å². The second kappa shape index (κ2) is 19.4. The van der Waals surface area contributed by atoms with Gasteiger partial charge in [-0.15, -0.1) is 0 Å². The number of hydrogen-bond donors (Lipinski definition) is 5. The summed E-state index contributed by atoms with van der Waals surface area (Å²) in [4.78, 5) is 53.0. The molecule has 0 radical (unpaired) electrons. The Morgan fingerprint density at radius 3 is 2.04 bits per heavy atom. The number of hydrogen-bond acceptors (Lipinski definition) is 6. The number of aryl methyl sites for hydroxylation is 1. The first-order chi connectivity index (χ1) is 21.5. The molecule has 1 unspecified atom stereocenters. The van der Waals surface area contributed by atoms with Crippen LogP contribution in [0.2, 0.25) is 0 Å². The minimum Gasteiger partial charge on any atom is -0.619 e. The number of pyridine rings is 1. The molecule has 0 bridgehead atoms. The lowest BCUT2D eigenvalue weighted by Gasteiger charge is -2.29. The molecule has 11 nitrogen and oxygen atoms in total. The lowest BCUT2D eigenvalue weighted by molar-refractivity contribution is -0.605. The Morgan fingerprint density at radius 2 is 1.47 bits per heavy atom. The summed E-state index contributed by atoms with van der Waals surface area (Å²) in [7, 11) is 0. The molecular weight excluding hydrogens is 572 g/mol. The van der Waals surface area contributed by atoms with E-state index in [-0.39, 0.29) is 41.3 Å². The van der Waals surface area contributed by atoms with E-state index in [1.54, 1.807) is 0 Å². The molecule has 248 valence electrons. The number of aromatic nitrogens is 1. The van der Waals surface area contributed by atoms with Gasteiger partial charge in [-0.1, -0.05) is 71.4 Å². The van der Waals surface area contributed by atoms with E-state index < -0.39 is 23.9 Å². The molecule has 1 heterocycles. The van der Waals surface area contributed by atoms with Crippen LogP contribution in [-0.2, 0) is 20.8 Å². The Kier molecular flexibility index (Phi) is 16.0. The van der Waals surface area contributed by atoms with E-state index in [9.17, 15) is 24.4 Å². The van der Waals surface area contributed by atoms with Crippen LogP contribution in [-0.4, -0.2) is 60.9 Å². The van der Waals surface area contributed by atoms with Gasteiger partial charge in [0.1, 0.15) is 12.1 Å². The zero-order valence-electron chi connectivity index (χ0n) is 27.6. The van der Waals surface area contributed by atoms with Crippen LogP contribution in [0.15, 0.2) is 54.9 Å². The zero-order valence-corrected chi connectivity index (χ0v) is 27.6. The Balaban J connectivity index is 2.25. The van der Waals surface area contributed by atoms with Crippen molar-refractivity contribution in [2.45, 2.75) is 97.8 Å². The highest BCUT2D eigenvalue weighted by atomic mass is 16.5. The van der Waals surface area contributed by atoms with Gasteiger partial charge < -0.3 is 31.8 Å². The Bertz CT molecular complexity index is 1210. The highest BCUT2D eigenvalue weighted by molar-refractivity contribution is 5.98. The molecule has 0 spiro atoms. The lowest BCUT2D eigenvalue weighted by atomic mass is 9.96. The summed E-state index contributed by atoms with van der Waals surface area (Å²) >= 11 is 0. The molecule has 0 aliphatic rings. The van der Waals surface area contributed by atoms with Crippen molar-refractivity contribution in [1.29, 1.82) is 0 Å².